The Hall–Kier alpha value is -2.02. The maximum Gasteiger partial charge on any atom is 0.407 e. The monoisotopic (exact) mass is 398 g/mol. The topological polar surface area (TPSA) is 85.3 Å². The van der Waals surface area contributed by atoms with Gasteiger partial charge in [-0.3, -0.25) is 9.48 Å². The quantitative estimate of drug-likeness (QED) is 0.718. The van der Waals surface area contributed by atoms with Crippen molar-refractivity contribution < 1.29 is 14.3 Å². The lowest BCUT2D eigenvalue weighted by Crippen LogP contribution is -2.56. The van der Waals surface area contributed by atoms with Crippen LogP contribution < -0.4 is 10.6 Å². The van der Waals surface area contributed by atoms with Crippen molar-refractivity contribution in [1.29, 1.82) is 0 Å². The third kappa shape index (κ3) is 6.90. The molecule has 2 amide bonds. The minimum Gasteiger partial charge on any atom is -0.444 e. The Morgan fingerprint density at radius 3 is 2.33 bits per heavy atom. The first kappa shape index (κ1) is 23.0. The number of aromatic nitrogens is 2. The van der Waals surface area contributed by atoms with Crippen LogP contribution in [0.15, 0.2) is 6.08 Å². The molecule has 0 radical (unpaired) electrons. The second-order valence-electron chi connectivity index (χ2n) is 8.16. The van der Waals surface area contributed by atoms with E-state index in [0.717, 1.165) is 5.69 Å². The van der Waals surface area contributed by atoms with Gasteiger partial charge in [0.2, 0.25) is 5.91 Å². The minimum atomic E-state index is -0.647. The molecule has 1 rings (SSSR count). The highest BCUT2D eigenvalue weighted by molar-refractivity contribution is 6.31. The Morgan fingerprint density at radius 2 is 1.89 bits per heavy atom. The van der Waals surface area contributed by atoms with Crippen LogP contribution in [-0.4, -0.2) is 39.5 Å². The van der Waals surface area contributed by atoms with Gasteiger partial charge in [-0.15, -0.1) is 0 Å². The average molecular weight is 399 g/mol. The Bertz CT molecular complexity index is 719. The summed E-state index contributed by atoms with van der Waals surface area (Å²) < 4.78 is 6.80. The molecule has 1 heterocycles. The summed E-state index contributed by atoms with van der Waals surface area (Å²) in [7, 11) is 1.74. The summed E-state index contributed by atoms with van der Waals surface area (Å²) in [5.74, 6) is -0.204. The summed E-state index contributed by atoms with van der Waals surface area (Å²) in [6.45, 7) is 13.3. The maximum atomic E-state index is 12.4. The molecule has 0 bridgehead atoms. The van der Waals surface area contributed by atoms with Crippen LogP contribution in [0.1, 0.15) is 52.8 Å². The van der Waals surface area contributed by atoms with Crippen molar-refractivity contribution in [2.24, 2.45) is 13.0 Å². The zero-order chi connectivity index (χ0) is 21.0. The van der Waals surface area contributed by atoms with E-state index >= 15 is 0 Å². The first-order valence-corrected chi connectivity index (χ1v) is 9.29. The van der Waals surface area contributed by atoms with E-state index in [1.54, 1.807) is 38.6 Å². The van der Waals surface area contributed by atoms with Gasteiger partial charge in [0, 0.05) is 25.2 Å². The van der Waals surface area contributed by atoms with Crippen LogP contribution >= 0.6 is 11.6 Å². The van der Waals surface area contributed by atoms with E-state index in [4.69, 9.17) is 16.3 Å². The van der Waals surface area contributed by atoms with Gasteiger partial charge in [-0.2, -0.15) is 5.10 Å². The second-order valence-corrected chi connectivity index (χ2v) is 8.52. The van der Waals surface area contributed by atoms with Crippen LogP contribution in [0.4, 0.5) is 4.79 Å². The summed E-state index contributed by atoms with van der Waals surface area (Å²) in [6.07, 6.45) is 2.54. The van der Waals surface area contributed by atoms with Gasteiger partial charge in [0.25, 0.3) is 0 Å². The zero-order valence-electron chi connectivity index (χ0n) is 17.4. The highest BCUT2D eigenvalue weighted by atomic mass is 35.5. The van der Waals surface area contributed by atoms with Crippen LogP contribution in [-0.2, 0) is 16.6 Å². The van der Waals surface area contributed by atoms with Crippen LogP contribution in [0.2, 0.25) is 5.15 Å². The largest absolute Gasteiger partial charge is 0.444 e. The fourth-order valence-corrected chi connectivity index (χ4v) is 2.52. The molecule has 1 aromatic heterocycles. The summed E-state index contributed by atoms with van der Waals surface area (Å²) in [6, 6.07) is 0. The molecule has 0 fully saturated rings. The summed E-state index contributed by atoms with van der Waals surface area (Å²) in [5, 5.41) is 10.4. The van der Waals surface area contributed by atoms with Gasteiger partial charge in [-0.05, 0) is 46.6 Å². The smallest absolute Gasteiger partial charge is 0.407 e. The van der Waals surface area contributed by atoms with Crippen LogP contribution in [0.5, 0.6) is 0 Å². The summed E-state index contributed by atoms with van der Waals surface area (Å²) in [5.41, 5.74) is 0.217. The number of alkyl carbamates (subject to hydrolysis) is 1. The van der Waals surface area contributed by atoms with Crippen molar-refractivity contribution in [3.8, 4) is 0 Å². The first-order chi connectivity index (χ1) is 12.2. The zero-order valence-corrected chi connectivity index (χ0v) is 18.2. The van der Waals surface area contributed by atoms with Crippen molar-refractivity contribution in [2.75, 3.05) is 6.54 Å². The maximum absolute atomic E-state index is 12.4. The Morgan fingerprint density at radius 1 is 1.30 bits per heavy atom. The van der Waals surface area contributed by atoms with Gasteiger partial charge >= 0.3 is 6.09 Å². The lowest BCUT2D eigenvalue weighted by atomic mass is 9.88. The highest BCUT2D eigenvalue weighted by Gasteiger charge is 2.31. The average Bonchev–Trinajstić information content (AvgIpc) is 2.74. The molecule has 0 saturated heterocycles. The molecule has 0 aliphatic rings. The molecule has 0 spiro atoms. The molecule has 1 atom stereocenters. The van der Waals surface area contributed by atoms with E-state index in [2.05, 4.69) is 15.7 Å². The number of amides is 2. The van der Waals surface area contributed by atoms with Gasteiger partial charge < -0.3 is 15.4 Å². The van der Waals surface area contributed by atoms with E-state index in [-0.39, 0.29) is 18.4 Å². The molecule has 27 heavy (non-hydrogen) atoms. The van der Waals surface area contributed by atoms with E-state index < -0.39 is 17.2 Å². The van der Waals surface area contributed by atoms with Crippen LogP contribution in [0, 0.1) is 12.8 Å². The number of hydrogen-bond donors (Lipinski definition) is 2. The molecule has 7 nitrogen and oxygen atoms in total. The van der Waals surface area contributed by atoms with Gasteiger partial charge in [-0.1, -0.05) is 25.4 Å². The molecule has 1 aromatic rings. The highest BCUT2D eigenvalue weighted by Crippen LogP contribution is 2.20. The fourth-order valence-electron chi connectivity index (χ4n) is 2.28. The molecule has 8 heteroatoms. The normalized spacial score (nSPS) is 14.3. The van der Waals surface area contributed by atoms with Gasteiger partial charge in [0.1, 0.15) is 10.8 Å². The lowest BCUT2D eigenvalue weighted by molar-refractivity contribution is -0.118. The van der Waals surface area contributed by atoms with Gasteiger partial charge in [0.05, 0.1) is 11.2 Å². The molecule has 0 aromatic carbocycles. The third-order valence-electron chi connectivity index (χ3n) is 4.28. The lowest BCUT2D eigenvalue weighted by Gasteiger charge is -2.35. The van der Waals surface area contributed by atoms with Crippen LogP contribution in [0.25, 0.3) is 6.08 Å². The number of halogens is 1. The number of nitrogens with one attached hydrogen (secondary N) is 2. The van der Waals surface area contributed by atoms with Crippen molar-refractivity contribution in [1.82, 2.24) is 20.4 Å². The van der Waals surface area contributed by atoms with Crippen molar-refractivity contribution in [3.63, 3.8) is 0 Å². The molecular formula is C19H31ClN4O3. The van der Waals surface area contributed by atoms with Crippen LogP contribution in [0.3, 0.4) is 0 Å². The van der Waals surface area contributed by atoms with Crippen molar-refractivity contribution in [2.45, 2.75) is 59.6 Å². The number of ether oxygens (including phenoxy) is 1. The molecule has 0 aliphatic heterocycles. The number of carbonyl (C=O) groups is 2. The molecule has 0 aliphatic carbocycles. The minimum absolute atomic E-state index is 0.0773. The predicted octanol–water partition coefficient (Wildman–Crippen LogP) is 3.45. The summed E-state index contributed by atoms with van der Waals surface area (Å²) >= 11 is 6.17. The first-order valence-electron chi connectivity index (χ1n) is 8.91. The van der Waals surface area contributed by atoms with E-state index in [0.29, 0.717) is 10.7 Å². The number of carbonyl (C=O) groups excluding carboxylic acids is 2. The molecule has 2 N–H and O–H groups in total. The number of rotatable bonds is 6. The number of nitrogens with zero attached hydrogens (tertiary/aromatic N) is 2. The van der Waals surface area contributed by atoms with Crippen molar-refractivity contribution in [3.05, 3.63) is 22.5 Å². The van der Waals surface area contributed by atoms with Gasteiger partial charge in [-0.25, -0.2) is 4.79 Å². The SMILES string of the molecule is Cc1nn(C)c(Cl)c1/C=C/C(=O)NC(C)(CNC(=O)OC(C)(C)C)C(C)C. The van der Waals surface area contributed by atoms with E-state index in [1.807, 2.05) is 27.7 Å². The fraction of sp³-hybridized carbons (Fsp3) is 0.632. The molecule has 0 saturated carbocycles. The Balaban J connectivity index is 2.78. The summed E-state index contributed by atoms with van der Waals surface area (Å²) in [4.78, 5) is 24.3. The Labute approximate surface area is 166 Å². The molecule has 1 unspecified atom stereocenters. The molecule has 152 valence electrons. The third-order valence-corrected chi connectivity index (χ3v) is 4.73. The van der Waals surface area contributed by atoms with Crippen molar-refractivity contribution >= 4 is 29.7 Å². The van der Waals surface area contributed by atoms with E-state index in [9.17, 15) is 9.59 Å². The van der Waals surface area contributed by atoms with E-state index in [1.165, 1.54) is 6.08 Å². The predicted molar refractivity (Wildman–Crippen MR) is 108 cm³/mol. The second kappa shape index (κ2) is 8.78. The Kier molecular flexibility index (Phi) is 7.48. The number of aryl methyl sites for hydroxylation is 2. The van der Waals surface area contributed by atoms with Gasteiger partial charge in [0.15, 0.2) is 0 Å². The molecular weight excluding hydrogens is 368 g/mol. The standard InChI is InChI=1S/C19H31ClN4O3/c1-12(2)19(7,11-21-17(26)27-18(4,5)6)22-15(25)10-9-14-13(3)23-24(8)16(14)20/h9-10,12H,11H2,1-8H3,(H,21,26)(H,22,25)/b10-9+. The number of hydrogen-bond acceptors (Lipinski definition) is 4.